The highest BCUT2D eigenvalue weighted by molar-refractivity contribution is 9.11. The molecule has 2 aromatic rings. The monoisotopic (exact) mass is 345 g/mol. The summed E-state index contributed by atoms with van der Waals surface area (Å²) in [4.78, 5) is 9.85. The van der Waals surface area contributed by atoms with E-state index in [1.54, 1.807) is 17.4 Å². The van der Waals surface area contributed by atoms with E-state index in [2.05, 4.69) is 43.3 Å². The Morgan fingerprint density at radius 2 is 2.22 bits per heavy atom. The van der Waals surface area contributed by atoms with Crippen LogP contribution >= 0.6 is 38.9 Å². The summed E-state index contributed by atoms with van der Waals surface area (Å²) in [5, 5.41) is 3.76. The highest BCUT2D eigenvalue weighted by Crippen LogP contribution is 2.22. The lowest BCUT2D eigenvalue weighted by molar-refractivity contribution is 0.928. The molecular formula is C12H13BrClN3S. The lowest BCUT2D eigenvalue weighted by Crippen LogP contribution is -2.07. The van der Waals surface area contributed by atoms with Crippen molar-refractivity contribution in [2.75, 3.05) is 11.9 Å². The maximum Gasteiger partial charge on any atom is 0.134 e. The zero-order valence-electron chi connectivity index (χ0n) is 9.91. The van der Waals surface area contributed by atoms with Crippen molar-refractivity contribution in [3.05, 3.63) is 37.8 Å². The first kappa shape index (κ1) is 13.8. The second-order valence-corrected chi connectivity index (χ2v) is 6.66. The molecule has 0 saturated carbocycles. The molecule has 3 nitrogen and oxygen atoms in total. The average Bonchev–Trinajstić information content (AvgIpc) is 2.74. The summed E-state index contributed by atoms with van der Waals surface area (Å²) in [7, 11) is 0. The summed E-state index contributed by atoms with van der Waals surface area (Å²) in [6, 6.07) is 5.95. The highest BCUT2D eigenvalue weighted by atomic mass is 79.9. The number of nitrogens with one attached hydrogen (secondary N) is 1. The molecule has 0 atom stereocenters. The van der Waals surface area contributed by atoms with E-state index < -0.39 is 0 Å². The van der Waals surface area contributed by atoms with Crippen LogP contribution in [0, 0.1) is 0 Å². The van der Waals surface area contributed by atoms with Gasteiger partial charge in [0.25, 0.3) is 0 Å². The Kier molecular flexibility index (Phi) is 4.97. The van der Waals surface area contributed by atoms with E-state index in [0.29, 0.717) is 5.15 Å². The first-order chi connectivity index (χ1) is 8.67. The van der Waals surface area contributed by atoms with E-state index in [4.69, 9.17) is 11.6 Å². The fourth-order valence-electron chi connectivity index (χ4n) is 1.51. The third kappa shape index (κ3) is 3.93. The van der Waals surface area contributed by atoms with Gasteiger partial charge in [-0.3, -0.25) is 0 Å². The smallest absolute Gasteiger partial charge is 0.134 e. The Morgan fingerprint density at radius 3 is 2.89 bits per heavy atom. The summed E-state index contributed by atoms with van der Waals surface area (Å²) in [6.07, 6.45) is 1.76. The van der Waals surface area contributed by atoms with Gasteiger partial charge in [0.05, 0.1) is 3.79 Å². The molecular weight excluding hydrogens is 334 g/mol. The van der Waals surface area contributed by atoms with Crippen LogP contribution in [0.25, 0.3) is 0 Å². The van der Waals surface area contributed by atoms with Crippen molar-refractivity contribution in [1.29, 1.82) is 0 Å². The van der Waals surface area contributed by atoms with Gasteiger partial charge >= 0.3 is 0 Å². The highest BCUT2D eigenvalue weighted by Gasteiger charge is 2.02. The molecule has 2 aromatic heterocycles. The zero-order chi connectivity index (χ0) is 13.0. The Hall–Kier alpha value is -0.650. The number of thiophene rings is 1. The minimum atomic E-state index is 0.489. The van der Waals surface area contributed by atoms with E-state index in [0.717, 1.165) is 34.8 Å². The average molecular weight is 347 g/mol. The van der Waals surface area contributed by atoms with Gasteiger partial charge in [0.1, 0.15) is 16.8 Å². The van der Waals surface area contributed by atoms with E-state index in [9.17, 15) is 0 Å². The lowest BCUT2D eigenvalue weighted by atomic mass is 10.3. The molecule has 0 fully saturated rings. The number of anilines is 1. The molecule has 6 heteroatoms. The normalized spacial score (nSPS) is 10.6. The molecule has 0 saturated heterocycles. The van der Waals surface area contributed by atoms with Gasteiger partial charge in [0, 0.05) is 23.9 Å². The van der Waals surface area contributed by atoms with Crippen molar-refractivity contribution in [2.45, 2.75) is 19.8 Å². The largest absolute Gasteiger partial charge is 0.370 e. The minimum absolute atomic E-state index is 0.489. The van der Waals surface area contributed by atoms with Crippen LogP contribution in [0.4, 0.5) is 5.82 Å². The Labute approximate surface area is 124 Å². The number of aryl methyl sites for hydroxylation is 1. The Bertz CT molecular complexity index is 530. The molecule has 18 heavy (non-hydrogen) atoms. The number of hydrogen-bond donors (Lipinski definition) is 1. The quantitative estimate of drug-likeness (QED) is 0.826. The van der Waals surface area contributed by atoms with Gasteiger partial charge in [0.15, 0.2) is 0 Å². The third-order valence-corrected chi connectivity index (χ3v) is 4.24. The van der Waals surface area contributed by atoms with Crippen LogP contribution in [0.1, 0.15) is 17.6 Å². The topological polar surface area (TPSA) is 37.8 Å². The molecule has 0 unspecified atom stereocenters. The SMILES string of the molecule is CCc1nc(Cl)cc(NCCc2ccc(Br)s2)n1. The van der Waals surface area contributed by atoms with E-state index in [1.165, 1.54) is 4.88 Å². The summed E-state index contributed by atoms with van der Waals surface area (Å²) >= 11 is 11.1. The second kappa shape index (κ2) is 6.50. The predicted molar refractivity (Wildman–Crippen MR) is 80.6 cm³/mol. The summed E-state index contributed by atoms with van der Waals surface area (Å²) < 4.78 is 1.16. The van der Waals surface area contributed by atoms with Crippen molar-refractivity contribution in [1.82, 2.24) is 9.97 Å². The number of halogens is 2. The van der Waals surface area contributed by atoms with Crippen LogP contribution in [0.5, 0.6) is 0 Å². The Morgan fingerprint density at radius 1 is 1.39 bits per heavy atom. The molecule has 96 valence electrons. The van der Waals surface area contributed by atoms with Crippen LogP contribution in [0.2, 0.25) is 5.15 Å². The van der Waals surface area contributed by atoms with Gasteiger partial charge < -0.3 is 5.32 Å². The number of rotatable bonds is 5. The van der Waals surface area contributed by atoms with Crippen LogP contribution in [-0.2, 0) is 12.8 Å². The van der Waals surface area contributed by atoms with Gasteiger partial charge in [-0.1, -0.05) is 18.5 Å². The fraction of sp³-hybridized carbons (Fsp3) is 0.333. The standard InChI is InChI=1S/C12H13BrClN3S/c1-2-11-16-10(14)7-12(17-11)15-6-5-8-3-4-9(13)18-8/h3-4,7H,2,5-6H2,1H3,(H,15,16,17). The van der Waals surface area contributed by atoms with Gasteiger partial charge in [-0.15, -0.1) is 11.3 Å². The minimum Gasteiger partial charge on any atom is -0.370 e. The fourth-order valence-corrected chi connectivity index (χ4v) is 3.20. The molecule has 2 rings (SSSR count). The summed E-state index contributed by atoms with van der Waals surface area (Å²) in [6.45, 7) is 2.85. The molecule has 0 aliphatic carbocycles. The van der Waals surface area contributed by atoms with Gasteiger partial charge in [-0.05, 0) is 34.5 Å². The lowest BCUT2D eigenvalue weighted by Gasteiger charge is -2.06. The molecule has 0 aliphatic rings. The van der Waals surface area contributed by atoms with Crippen molar-refractivity contribution < 1.29 is 0 Å². The zero-order valence-corrected chi connectivity index (χ0v) is 13.1. The second-order valence-electron chi connectivity index (χ2n) is 3.73. The predicted octanol–water partition coefficient (Wildman–Crippen LogP) is 4.17. The first-order valence-electron chi connectivity index (χ1n) is 5.69. The van der Waals surface area contributed by atoms with Crippen molar-refractivity contribution in [3.8, 4) is 0 Å². The third-order valence-electron chi connectivity index (χ3n) is 2.36. The van der Waals surface area contributed by atoms with Crippen molar-refractivity contribution in [2.24, 2.45) is 0 Å². The van der Waals surface area contributed by atoms with Crippen LogP contribution in [0.15, 0.2) is 22.0 Å². The van der Waals surface area contributed by atoms with E-state index in [1.807, 2.05) is 6.92 Å². The summed E-state index contributed by atoms with van der Waals surface area (Å²) in [5.41, 5.74) is 0. The van der Waals surface area contributed by atoms with Gasteiger partial charge in [0.2, 0.25) is 0 Å². The maximum absolute atomic E-state index is 5.93. The van der Waals surface area contributed by atoms with Gasteiger partial charge in [-0.25, -0.2) is 9.97 Å². The Balaban J connectivity index is 1.91. The number of hydrogen-bond acceptors (Lipinski definition) is 4. The van der Waals surface area contributed by atoms with E-state index in [-0.39, 0.29) is 0 Å². The van der Waals surface area contributed by atoms with Crippen molar-refractivity contribution >= 4 is 44.7 Å². The number of aromatic nitrogens is 2. The van der Waals surface area contributed by atoms with Crippen LogP contribution in [-0.4, -0.2) is 16.5 Å². The summed E-state index contributed by atoms with van der Waals surface area (Å²) in [5.74, 6) is 1.56. The van der Waals surface area contributed by atoms with Crippen molar-refractivity contribution in [3.63, 3.8) is 0 Å². The molecule has 0 aliphatic heterocycles. The van der Waals surface area contributed by atoms with Gasteiger partial charge in [-0.2, -0.15) is 0 Å². The molecule has 0 bridgehead atoms. The molecule has 2 heterocycles. The molecule has 0 amide bonds. The van der Waals surface area contributed by atoms with Crippen LogP contribution in [0.3, 0.4) is 0 Å². The molecule has 0 aromatic carbocycles. The number of nitrogens with zero attached hydrogens (tertiary/aromatic N) is 2. The molecule has 1 N–H and O–H groups in total. The first-order valence-corrected chi connectivity index (χ1v) is 7.67. The maximum atomic E-state index is 5.93. The van der Waals surface area contributed by atoms with E-state index >= 15 is 0 Å². The molecule has 0 radical (unpaired) electrons. The van der Waals surface area contributed by atoms with Crippen LogP contribution < -0.4 is 5.32 Å². The molecule has 0 spiro atoms.